The van der Waals surface area contributed by atoms with Crippen LogP contribution in [-0.2, 0) is 9.59 Å². The standard InChI is InChI=1S/C17H28N2O2/c1-13-16(20)19-11-6-5-9-15(19)17(21)18(13)12-10-14-7-3-2-4-8-14/h13-15H,2-12H2,1H3. The molecule has 2 heterocycles. The van der Waals surface area contributed by atoms with E-state index < -0.39 is 0 Å². The Morgan fingerprint density at radius 1 is 0.952 bits per heavy atom. The van der Waals surface area contributed by atoms with Gasteiger partial charge in [0.2, 0.25) is 11.8 Å². The highest BCUT2D eigenvalue weighted by Gasteiger charge is 2.44. The van der Waals surface area contributed by atoms with E-state index in [1.807, 2.05) is 16.7 Å². The fourth-order valence-electron chi connectivity index (χ4n) is 4.31. The maximum Gasteiger partial charge on any atom is 0.246 e. The smallest absolute Gasteiger partial charge is 0.246 e. The molecule has 4 heteroatoms. The molecule has 0 radical (unpaired) electrons. The molecule has 21 heavy (non-hydrogen) atoms. The average Bonchev–Trinajstić information content (AvgIpc) is 2.54. The molecule has 2 atom stereocenters. The van der Waals surface area contributed by atoms with Crippen molar-refractivity contribution in [3.05, 3.63) is 0 Å². The van der Waals surface area contributed by atoms with Crippen molar-refractivity contribution < 1.29 is 9.59 Å². The summed E-state index contributed by atoms with van der Waals surface area (Å²) < 4.78 is 0. The Morgan fingerprint density at radius 2 is 1.67 bits per heavy atom. The van der Waals surface area contributed by atoms with Gasteiger partial charge in [-0.1, -0.05) is 32.1 Å². The van der Waals surface area contributed by atoms with Crippen LogP contribution in [0.2, 0.25) is 0 Å². The van der Waals surface area contributed by atoms with E-state index in [0.29, 0.717) is 0 Å². The number of fused-ring (bicyclic) bond motifs is 1. The molecule has 0 aromatic heterocycles. The summed E-state index contributed by atoms with van der Waals surface area (Å²) in [6.07, 6.45) is 10.7. The van der Waals surface area contributed by atoms with Gasteiger partial charge in [-0.25, -0.2) is 0 Å². The number of hydrogen-bond acceptors (Lipinski definition) is 2. The fraction of sp³-hybridized carbons (Fsp3) is 0.882. The lowest BCUT2D eigenvalue weighted by Crippen LogP contribution is -2.65. The summed E-state index contributed by atoms with van der Waals surface area (Å²) in [5.74, 6) is 1.14. The molecule has 2 amide bonds. The second kappa shape index (κ2) is 6.37. The maximum atomic E-state index is 12.7. The van der Waals surface area contributed by atoms with E-state index in [0.717, 1.165) is 44.7 Å². The Kier molecular flexibility index (Phi) is 4.51. The van der Waals surface area contributed by atoms with Crippen molar-refractivity contribution in [1.82, 2.24) is 9.80 Å². The lowest BCUT2D eigenvalue weighted by atomic mass is 9.86. The zero-order valence-electron chi connectivity index (χ0n) is 13.2. The number of carbonyl (C=O) groups excluding carboxylic acids is 2. The van der Waals surface area contributed by atoms with Crippen LogP contribution in [0.4, 0.5) is 0 Å². The van der Waals surface area contributed by atoms with Crippen LogP contribution in [0.5, 0.6) is 0 Å². The quantitative estimate of drug-likeness (QED) is 0.802. The number of carbonyl (C=O) groups is 2. The highest BCUT2D eigenvalue weighted by atomic mass is 16.2. The van der Waals surface area contributed by atoms with Gasteiger partial charge in [-0.15, -0.1) is 0 Å². The van der Waals surface area contributed by atoms with E-state index in [1.54, 1.807) is 0 Å². The Balaban J connectivity index is 1.63. The Morgan fingerprint density at radius 3 is 2.43 bits per heavy atom. The zero-order chi connectivity index (χ0) is 14.8. The first kappa shape index (κ1) is 14.9. The van der Waals surface area contributed by atoms with Gasteiger partial charge in [-0.2, -0.15) is 0 Å². The van der Waals surface area contributed by atoms with Crippen molar-refractivity contribution in [1.29, 1.82) is 0 Å². The third-order valence-corrected chi connectivity index (χ3v) is 5.68. The predicted octanol–water partition coefficient (Wildman–Crippen LogP) is 2.57. The summed E-state index contributed by atoms with van der Waals surface area (Å²) >= 11 is 0. The van der Waals surface area contributed by atoms with Gasteiger partial charge in [0.15, 0.2) is 0 Å². The number of piperazine rings is 1. The van der Waals surface area contributed by atoms with E-state index in [-0.39, 0.29) is 23.9 Å². The van der Waals surface area contributed by atoms with Gasteiger partial charge in [0.1, 0.15) is 12.1 Å². The highest BCUT2D eigenvalue weighted by Crippen LogP contribution is 2.29. The van der Waals surface area contributed by atoms with E-state index >= 15 is 0 Å². The first-order valence-corrected chi connectivity index (χ1v) is 8.79. The second-order valence-corrected chi connectivity index (χ2v) is 7.04. The lowest BCUT2D eigenvalue weighted by Gasteiger charge is -2.46. The van der Waals surface area contributed by atoms with Crippen LogP contribution in [0.25, 0.3) is 0 Å². The number of hydrogen-bond donors (Lipinski definition) is 0. The van der Waals surface area contributed by atoms with Crippen LogP contribution in [0.3, 0.4) is 0 Å². The van der Waals surface area contributed by atoms with Gasteiger partial charge in [-0.3, -0.25) is 9.59 Å². The van der Waals surface area contributed by atoms with Crippen LogP contribution < -0.4 is 0 Å². The first-order valence-electron chi connectivity index (χ1n) is 8.79. The summed E-state index contributed by atoms with van der Waals surface area (Å²) in [6, 6.07) is -0.413. The van der Waals surface area contributed by atoms with E-state index in [9.17, 15) is 9.59 Å². The molecule has 0 aromatic rings. The van der Waals surface area contributed by atoms with Crippen molar-refractivity contribution in [2.45, 2.75) is 76.8 Å². The van der Waals surface area contributed by atoms with Crippen LogP contribution in [0.1, 0.15) is 64.7 Å². The monoisotopic (exact) mass is 292 g/mol. The number of piperidine rings is 1. The van der Waals surface area contributed by atoms with Crippen molar-refractivity contribution in [2.24, 2.45) is 5.92 Å². The van der Waals surface area contributed by atoms with Crippen molar-refractivity contribution in [3.8, 4) is 0 Å². The molecule has 3 rings (SSSR count). The molecule has 3 fully saturated rings. The number of nitrogens with zero attached hydrogens (tertiary/aromatic N) is 2. The third kappa shape index (κ3) is 2.95. The molecule has 0 spiro atoms. The molecular weight excluding hydrogens is 264 g/mol. The van der Waals surface area contributed by atoms with Crippen molar-refractivity contribution in [2.75, 3.05) is 13.1 Å². The van der Waals surface area contributed by atoms with Gasteiger partial charge in [0.05, 0.1) is 0 Å². The maximum absolute atomic E-state index is 12.7. The van der Waals surface area contributed by atoms with Crippen LogP contribution in [-0.4, -0.2) is 46.8 Å². The SMILES string of the molecule is CC1C(=O)N2CCCCC2C(=O)N1CCC1CCCCC1. The normalized spacial score (nSPS) is 31.5. The molecule has 1 saturated carbocycles. The highest BCUT2D eigenvalue weighted by molar-refractivity contribution is 5.96. The minimum absolute atomic E-state index is 0.159. The molecule has 3 aliphatic rings. The lowest BCUT2D eigenvalue weighted by molar-refractivity contribution is -0.163. The molecule has 0 N–H and O–H groups in total. The van der Waals surface area contributed by atoms with E-state index in [1.165, 1.54) is 32.1 Å². The Hall–Kier alpha value is -1.06. The third-order valence-electron chi connectivity index (χ3n) is 5.68. The molecule has 2 aliphatic heterocycles. The number of amides is 2. The average molecular weight is 292 g/mol. The summed E-state index contributed by atoms with van der Waals surface area (Å²) in [5.41, 5.74) is 0. The first-order chi connectivity index (χ1) is 10.2. The molecule has 1 aliphatic carbocycles. The second-order valence-electron chi connectivity index (χ2n) is 7.04. The van der Waals surface area contributed by atoms with E-state index in [4.69, 9.17) is 0 Å². The summed E-state index contributed by atoms with van der Waals surface area (Å²) in [5, 5.41) is 0. The Labute approximate surface area is 127 Å². The summed E-state index contributed by atoms with van der Waals surface area (Å²) in [7, 11) is 0. The largest absolute Gasteiger partial charge is 0.329 e. The predicted molar refractivity (Wildman–Crippen MR) is 81.7 cm³/mol. The van der Waals surface area contributed by atoms with Crippen LogP contribution in [0.15, 0.2) is 0 Å². The summed E-state index contributed by atoms with van der Waals surface area (Å²) in [4.78, 5) is 28.9. The van der Waals surface area contributed by atoms with Crippen molar-refractivity contribution >= 4 is 11.8 Å². The molecule has 0 aromatic carbocycles. The Bertz CT molecular complexity index is 404. The molecule has 4 nitrogen and oxygen atoms in total. The molecule has 118 valence electrons. The van der Waals surface area contributed by atoms with Gasteiger partial charge in [0, 0.05) is 13.1 Å². The minimum Gasteiger partial charge on any atom is -0.329 e. The van der Waals surface area contributed by atoms with Crippen molar-refractivity contribution in [3.63, 3.8) is 0 Å². The fourth-order valence-corrected chi connectivity index (χ4v) is 4.31. The minimum atomic E-state index is -0.254. The van der Waals surface area contributed by atoms with E-state index in [2.05, 4.69) is 0 Å². The molecule has 2 saturated heterocycles. The van der Waals surface area contributed by atoms with Gasteiger partial charge in [-0.05, 0) is 38.5 Å². The topological polar surface area (TPSA) is 40.6 Å². The van der Waals surface area contributed by atoms with Gasteiger partial charge in [0.25, 0.3) is 0 Å². The molecule has 0 bridgehead atoms. The number of rotatable bonds is 3. The van der Waals surface area contributed by atoms with Crippen LogP contribution >= 0.6 is 0 Å². The molecular formula is C17H28N2O2. The molecule has 2 unspecified atom stereocenters. The summed E-state index contributed by atoms with van der Waals surface area (Å²) in [6.45, 7) is 3.46. The van der Waals surface area contributed by atoms with Gasteiger partial charge < -0.3 is 9.80 Å². The van der Waals surface area contributed by atoms with Crippen LogP contribution in [0, 0.1) is 5.92 Å². The van der Waals surface area contributed by atoms with Gasteiger partial charge >= 0.3 is 0 Å². The zero-order valence-corrected chi connectivity index (χ0v) is 13.2.